The van der Waals surface area contributed by atoms with Gasteiger partial charge in [-0.25, -0.2) is 13.2 Å². The first-order chi connectivity index (χ1) is 20.7. The van der Waals surface area contributed by atoms with Crippen LogP contribution in [0.1, 0.15) is 36.1 Å². The number of piperidine rings is 1. The molecule has 2 aliphatic heterocycles. The average molecular weight is 638 g/mol. The lowest BCUT2D eigenvalue weighted by atomic mass is 9.82. The number of aryl methyl sites for hydroxylation is 1. The van der Waals surface area contributed by atoms with E-state index < -0.39 is 15.9 Å². The zero-order valence-electron chi connectivity index (χ0n) is 23.3. The van der Waals surface area contributed by atoms with Gasteiger partial charge in [-0.05, 0) is 71.5 Å². The Kier molecular flexibility index (Phi) is 8.36. The van der Waals surface area contributed by atoms with Crippen molar-refractivity contribution in [3.8, 4) is 22.6 Å². The summed E-state index contributed by atoms with van der Waals surface area (Å²) in [6.45, 7) is 1.04. The molecule has 10 heteroatoms. The number of amides is 1. The highest BCUT2D eigenvalue weighted by Crippen LogP contribution is 2.41. The number of benzene rings is 3. The Morgan fingerprint density at radius 1 is 0.907 bits per heavy atom. The molecule has 0 bridgehead atoms. The van der Waals surface area contributed by atoms with E-state index in [-0.39, 0.29) is 27.9 Å². The van der Waals surface area contributed by atoms with E-state index in [1.54, 1.807) is 47.5 Å². The molecule has 1 saturated heterocycles. The minimum absolute atomic E-state index is 0.0343. The fourth-order valence-corrected chi connectivity index (χ4v) is 7.43. The monoisotopic (exact) mass is 636 g/mol. The van der Waals surface area contributed by atoms with Crippen molar-refractivity contribution in [2.24, 2.45) is 0 Å². The molecule has 0 unspecified atom stereocenters. The van der Waals surface area contributed by atoms with Gasteiger partial charge in [0.15, 0.2) is 15.6 Å². The third-order valence-corrected chi connectivity index (χ3v) is 10.4. The highest BCUT2D eigenvalue weighted by atomic mass is 35.5. The number of rotatable bonds is 6. The number of carbonyl (C=O) groups is 1. The van der Waals surface area contributed by atoms with Crippen molar-refractivity contribution in [3.63, 3.8) is 0 Å². The summed E-state index contributed by atoms with van der Waals surface area (Å²) in [7, 11) is -3.33. The van der Waals surface area contributed by atoms with Crippen LogP contribution in [-0.2, 0) is 27.8 Å². The molecule has 43 heavy (non-hydrogen) atoms. The van der Waals surface area contributed by atoms with Crippen molar-refractivity contribution in [1.82, 2.24) is 9.88 Å². The number of likely N-dealkylation sites (tertiary alicyclic amines) is 1. The summed E-state index contributed by atoms with van der Waals surface area (Å²) in [5, 5.41) is 0.556. The van der Waals surface area contributed by atoms with Crippen molar-refractivity contribution in [2.45, 2.75) is 42.8 Å². The Hall–Kier alpha value is -3.59. The van der Waals surface area contributed by atoms with E-state index in [4.69, 9.17) is 32.7 Å². The van der Waals surface area contributed by atoms with Crippen molar-refractivity contribution in [2.75, 3.05) is 13.1 Å². The molecule has 0 atom stereocenters. The first-order valence-corrected chi connectivity index (χ1v) is 16.7. The standard InChI is InChI=1S/C33H30Cl2N2O5S/c34-28-5-3-6-30(31(28)35)41-32(38)37-18-15-33(16-19-37)14-13-26-20-25(11-12-29(26)42-33)24-9-7-23(8-10-24)21-43(39,40)22-27-4-1-2-17-36-27/h1-12,17,20H,13-16,18-19,21-22H2. The summed E-state index contributed by atoms with van der Waals surface area (Å²) < 4.78 is 37.4. The fraction of sp³-hybridized carbons (Fsp3) is 0.273. The summed E-state index contributed by atoms with van der Waals surface area (Å²) in [4.78, 5) is 18.6. The zero-order valence-corrected chi connectivity index (χ0v) is 25.7. The van der Waals surface area contributed by atoms with Gasteiger partial charge in [0, 0.05) is 32.1 Å². The van der Waals surface area contributed by atoms with E-state index in [0.29, 0.717) is 36.6 Å². The first kappa shape index (κ1) is 29.5. The highest BCUT2D eigenvalue weighted by molar-refractivity contribution is 7.89. The molecule has 222 valence electrons. The second kappa shape index (κ2) is 12.2. The molecule has 1 amide bonds. The van der Waals surface area contributed by atoms with Gasteiger partial charge in [-0.2, -0.15) is 0 Å². The second-order valence-corrected chi connectivity index (χ2v) is 13.9. The molecule has 0 N–H and O–H groups in total. The molecule has 1 spiro atoms. The van der Waals surface area contributed by atoms with Crippen molar-refractivity contribution >= 4 is 39.1 Å². The van der Waals surface area contributed by atoms with Crippen LogP contribution in [0.3, 0.4) is 0 Å². The lowest BCUT2D eigenvalue weighted by Crippen LogP contribution is -2.51. The van der Waals surface area contributed by atoms with E-state index in [1.807, 2.05) is 36.4 Å². The van der Waals surface area contributed by atoms with Crippen LogP contribution in [0.15, 0.2) is 85.1 Å². The van der Waals surface area contributed by atoms with Crippen LogP contribution in [0, 0.1) is 0 Å². The first-order valence-electron chi connectivity index (χ1n) is 14.1. The minimum Gasteiger partial charge on any atom is -0.487 e. The fourth-order valence-electron chi connectivity index (χ4n) is 5.68. The molecule has 0 radical (unpaired) electrons. The molecule has 6 rings (SSSR count). The molecule has 1 fully saturated rings. The van der Waals surface area contributed by atoms with Crippen LogP contribution in [0.4, 0.5) is 4.79 Å². The third kappa shape index (κ3) is 6.82. The lowest BCUT2D eigenvalue weighted by molar-refractivity contribution is -0.00948. The third-order valence-electron chi connectivity index (χ3n) is 8.05. The predicted molar refractivity (Wildman–Crippen MR) is 167 cm³/mol. The summed E-state index contributed by atoms with van der Waals surface area (Å²) in [5.74, 6) is 1.00. The number of hydrogen-bond acceptors (Lipinski definition) is 6. The number of carbonyl (C=O) groups excluding carboxylic acids is 1. The lowest BCUT2D eigenvalue weighted by Gasteiger charge is -2.44. The van der Waals surface area contributed by atoms with Crippen molar-refractivity contribution in [3.05, 3.63) is 112 Å². The molecular formula is C33H30Cl2N2O5S. The Labute approximate surface area is 261 Å². The van der Waals surface area contributed by atoms with Gasteiger partial charge in [-0.15, -0.1) is 0 Å². The Morgan fingerprint density at radius 2 is 1.67 bits per heavy atom. The molecular weight excluding hydrogens is 607 g/mol. The van der Waals surface area contributed by atoms with Gasteiger partial charge in [0.1, 0.15) is 16.4 Å². The number of hydrogen-bond donors (Lipinski definition) is 0. The molecule has 4 aromatic rings. The number of sulfone groups is 1. The number of fused-ring (bicyclic) bond motifs is 1. The maximum Gasteiger partial charge on any atom is 0.415 e. The molecule has 7 nitrogen and oxygen atoms in total. The van der Waals surface area contributed by atoms with Gasteiger partial charge in [0.2, 0.25) is 0 Å². The molecule has 1 aromatic heterocycles. The van der Waals surface area contributed by atoms with E-state index in [0.717, 1.165) is 40.8 Å². The highest BCUT2D eigenvalue weighted by Gasteiger charge is 2.41. The predicted octanol–water partition coefficient (Wildman–Crippen LogP) is 7.53. The van der Waals surface area contributed by atoms with Crippen LogP contribution in [0.2, 0.25) is 10.0 Å². The van der Waals surface area contributed by atoms with Gasteiger partial charge in [-0.3, -0.25) is 4.98 Å². The van der Waals surface area contributed by atoms with Crippen molar-refractivity contribution in [1.29, 1.82) is 0 Å². The van der Waals surface area contributed by atoms with Gasteiger partial charge in [-0.1, -0.05) is 65.7 Å². The molecule has 0 aliphatic carbocycles. The topological polar surface area (TPSA) is 85.8 Å². The van der Waals surface area contributed by atoms with E-state index in [2.05, 4.69) is 11.1 Å². The zero-order chi connectivity index (χ0) is 30.0. The molecule has 3 aromatic carbocycles. The Bertz CT molecular complexity index is 1740. The van der Waals surface area contributed by atoms with Crippen LogP contribution in [-0.4, -0.2) is 43.1 Å². The van der Waals surface area contributed by atoms with Crippen LogP contribution >= 0.6 is 23.2 Å². The maximum atomic E-state index is 12.8. The van der Waals surface area contributed by atoms with Gasteiger partial charge in [0.25, 0.3) is 0 Å². The molecule has 2 aliphatic rings. The summed E-state index contributed by atoms with van der Waals surface area (Å²) in [5.41, 5.74) is 4.18. The minimum atomic E-state index is -3.33. The van der Waals surface area contributed by atoms with Crippen LogP contribution in [0.5, 0.6) is 11.5 Å². The van der Waals surface area contributed by atoms with Gasteiger partial charge < -0.3 is 14.4 Å². The van der Waals surface area contributed by atoms with E-state index in [1.165, 1.54) is 0 Å². The molecule has 3 heterocycles. The Balaban J connectivity index is 1.06. The quantitative estimate of drug-likeness (QED) is 0.217. The number of ether oxygens (including phenoxy) is 2. The maximum absolute atomic E-state index is 12.8. The van der Waals surface area contributed by atoms with Crippen molar-refractivity contribution < 1.29 is 22.7 Å². The van der Waals surface area contributed by atoms with Gasteiger partial charge >= 0.3 is 6.09 Å². The average Bonchev–Trinajstić information content (AvgIpc) is 3.00. The summed E-state index contributed by atoms with van der Waals surface area (Å²) in [6, 6.07) is 24.1. The number of pyridine rings is 1. The van der Waals surface area contributed by atoms with Crippen LogP contribution in [0.25, 0.3) is 11.1 Å². The SMILES string of the molecule is O=C(Oc1cccc(Cl)c1Cl)N1CCC2(CCc3cc(-c4ccc(CS(=O)(=O)Cc5ccccn5)cc4)ccc3O2)CC1. The van der Waals surface area contributed by atoms with E-state index >= 15 is 0 Å². The smallest absolute Gasteiger partial charge is 0.415 e. The number of aromatic nitrogens is 1. The molecule has 0 saturated carbocycles. The van der Waals surface area contributed by atoms with Crippen LogP contribution < -0.4 is 9.47 Å². The Morgan fingerprint density at radius 3 is 2.42 bits per heavy atom. The summed E-state index contributed by atoms with van der Waals surface area (Å²) >= 11 is 12.2. The summed E-state index contributed by atoms with van der Waals surface area (Å²) in [6.07, 6.45) is 4.30. The second-order valence-electron chi connectivity index (χ2n) is 11.1. The number of halogens is 2. The number of nitrogens with zero attached hydrogens (tertiary/aromatic N) is 2. The van der Waals surface area contributed by atoms with E-state index in [9.17, 15) is 13.2 Å². The van der Waals surface area contributed by atoms with Gasteiger partial charge in [0.05, 0.1) is 22.2 Å². The largest absolute Gasteiger partial charge is 0.487 e. The normalized spacial score (nSPS) is 15.9.